The van der Waals surface area contributed by atoms with Crippen LogP contribution in [0.3, 0.4) is 0 Å². The first-order valence-corrected chi connectivity index (χ1v) is 6.88. The van der Waals surface area contributed by atoms with Gasteiger partial charge in [-0.2, -0.15) is 5.26 Å². The van der Waals surface area contributed by atoms with E-state index in [1.165, 1.54) is 12.1 Å². The summed E-state index contributed by atoms with van der Waals surface area (Å²) in [5.41, 5.74) is 0.500. The lowest BCUT2D eigenvalue weighted by molar-refractivity contribution is -0.119. The number of nitriles is 1. The summed E-state index contributed by atoms with van der Waals surface area (Å²) in [5, 5.41) is 14.9. The molecule has 0 aliphatic carbocycles. The number of hydrogen-bond donors (Lipinski definition) is 2. The molecule has 1 amide bonds. The SMILES string of the molecule is CCC1CCNC(C(=O)Nc2ccc(F)cc2C#N)C1. The molecule has 1 aliphatic heterocycles. The number of anilines is 1. The van der Waals surface area contributed by atoms with E-state index in [4.69, 9.17) is 5.26 Å². The molecular weight excluding hydrogens is 257 g/mol. The molecule has 1 saturated heterocycles. The summed E-state index contributed by atoms with van der Waals surface area (Å²) < 4.78 is 13.0. The molecule has 1 aliphatic rings. The molecule has 2 atom stereocenters. The Morgan fingerprint density at radius 3 is 3.10 bits per heavy atom. The number of nitrogens with one attached hydrogen (secondary N) is 2. The number of carbonyl (C=O) groups excluding carboxylic acids is 1. The van der Waals surface area contributed by atoms with Gasteiger partial charge in [-0.15, -0.1) is 0 Å². The lowest BCUT2D eigenvalue weighted by atomic mass is 9.90. The van der Waals surface area contributed by atoms with E-state index in [1.54, 1.807) is 0 Å². The predicted octanol–water partition coefficient (Wildman–Crippen LogP) is 2.41. The van der Waals surface area contributed by atoms with Gasteiger partial charge in [0, 0.05) is 0 Å². The molecule has 1 heterocycles. The van der Waals surface area contributed by atoms with E-state index in [0.29, 0.717) is 11.6 Å². The minimum atomic E-state index is -0.485. The van der Waals surface area contributed by atoms with Crippen LogP contribution in [0.15, 0.2) is 18.2 Å². The maximum atomic E-state index is 13.0. The van der Waals surface area contributed by atoms with Gasteiger partial charge in [0.2, 0.25) is 5.91 Å². The maximum absolute atomic E-state index is 13.0. The normalized spacial score (nSPS) is 22.1. The first-order chi connectivity index (χ1) is 9.63. The van der Waals surface area contributed by atoms with Crippen molar-refractivity contribution < 1.29 is 9.18 Å². The van der Waals surface area contributed by atoms with E-state index in [0.717, 1.165) is 31.9 Å². The average molecular weight is 275 g/mol. The fourth-order valence-corrected chi connectivity index (χ4v) is 2.50. The number of halogens is 1. The van der Waals surface area contributed by atoms with Crippen molar-refractivity contribution in [2.24, 2.45) is 5.92 Å². The van der Waals surface area contributed by atoms with Gasteiger partial charge in [-0.1, -0.05) is 13.3 Å². The van der Waals surface area contributed by atoms with E-state index in [1.807, 2.05) is 6.07 Å². The Balaban J connectivity index is 2.06. The Hall–Kier alpha value is -1.93. The molecule has 106 valence electrons. The van der Waals surface area contributed by atoms with Crippen LogP contribution in [-0.4, -0.2) is 18.5 Å². The van der Waals surface area contributed by atoms with Crippen LogP contribution in [0.1, 0.15) is 31.7 Å². The third-order valence-corrected chi connectivity index (χ3v) is 3.77. The van der Waals surface area contributed by atoms with Gasteiger partial charge in [0.05, 0.1) is 17.3 Å². The Bertz CT molecular complexity index is 538. The number of rotatable bonds is 3. The minimum absolute atomic E-state index is 0.140. The Kier molecular flexibility index (Phi) is 4.70. The van der Waals surface area contributed by atoms with E-state index in [2.05, 4.69) is 17.6 Å². The summed E-state index contributed by atoms with van der Waals surface area (Å²) in [5.74, 6) is -0.0942. The minimum Gasteiger partial charge on any atom is -0.324 e. The van der Waals surface area contributed by atoms with E-state index in [9.17, 15) is 9.18 Å². The highest BCUT2D eigenvalue weighted by Crippen LogP contribution is 2.21. The highest BCUT2D eigenvalue weighted by atomic mass is 19.1. The molecule has 1 aromatic carbocycles. The number of benzene rings is 1. The lowest BCUT2D eigenvalue weighted by Gasteiger charge is -2.28. The van der Waals surface area contributed by atoms with Crippen LogP contribution in [0.4, 0.5) is 10.1 Å². The molecule has 0 aromatic heterocycles. The smallest absolute Gasteiger partial charge is 0.241 e. The number of carbonyl (C=O) groups is 1. The molecule has 0 bridgehead atoms. The molecular formula is C15H18FN3O. The van der Waals surface area contributed by atoms with Crippen molar-refractivity contribution in [2.75, 3.05) is 11.9 Å². The van der Waals surface area contributed by atoms with Gasteiger partial charge in [-0.05, 0) is 43.5 Å². The van der Waals surface area contributed by atoms with Crippen molar-refractivity contribution in [1.29, 1.82) is 5.26 Å². The van der Waals surface area contributed by atoms with Crippen molar-refractivity contribution in [2.45, 2.75) is 32.2 Å². The molecule has 2 unspecified atom stereocenters. The quantitative estimate of drug-likeness (QED) is 0.890. The second-order valence-corrected chi connectivity index (χ2v) is 5.10. The average Bonchev–Trinajstić information content (AvgIpc) is 2.49. The summed E-state index contributed by atoms with van der Waals surface area (Å²) in [4.78, 5) is 12.2. The lowest BCUT2D eigenvalue weighted by Crippen LogP contribution is -2.46. The van der Waals surface area contributed by atoms with Gasteiger partial charge < -0.3 is 10.6 Å². The van der Waals surface area contributed by atoms with Crippen LogP contribution >= 0.6 is 0 Å². The molecule has 0 spiro atoms. The molecule has 4 nitrogen and oxygen atoms in total. The zero-order chi connectivity index (χ0) is 14.5. The molecule has 0 radical (unpaired) electrons. The molecule has 0 saturated carbocycles. The molecule has 20 heavy (non-hydrogen) atoms. The number of piperidine rings is 1. The summed E-state index contributed by atoms with van der Waals surface area (Å²) in [7, 11) is 0. The molecule has 2 rings (SSSR count). The van der Waals surface area contributed by atoms with Crippen molar-refractivity contribution in [3.05, 3.63) is 29.6 Å². The Labute approximate surface area is 118 Å². The highest BCUT2D eigenvalue weighted by molar-refractivity contribution is 5.96. The zero-order valence-corrected chi connectivity index (χ0v) is 11.4. The fraction of sp³-hybridized carbons (Fsp3) is 0.467. The van der Waals surface area contributed by atoms with E-state index < -0.39 is 5.82 Å². The third kappa shape index (κ3) is 3.34. The highest BCUT2D eigenvalue weighted by Gasteiger charge is 2.26. The molecule has 2 N–H and O–H groups in total. The van der Waals surface area contributed by atoms with Crippen LogP contribution in [0.25, 0.3) is 0 Å². The number of amides is 1. The predicted molar refractivity (Wildman–Crippen MR) is 74.6 cm³/mol. The Morgan fingerprint density at radius 1 is 1.60 bits per heavy atom. The van der Waals surface area contributed by atoms with Gasteiger partial charge in [-0.25, -0.2) is 4.39 Å². The molecule has 1 fully saturated rings. The second-order valence-electron chi connectivity index (χ2n) is 5.10. The van der Waals surface area contributed by atoms with Crippen molar-refractivity contribution >= 4 is 11.6 Å². The number of hydrogen-bond acceptors (Lipinski definition) is 3. The fourth-order valence-electron chi connectivity index (χ4n) is 2.50. The second kappa shape index (κ2) is 6.49. The molecule has 5 heteroatoms. The maximum Gasteiger partial charge on any atom is 0.241 e. The van der Waals surface area contributed by atoms with Gasteiger partial charge in [0.25, 0.3) is 0 Å². The monoisotopic (exact) mass is 275 g/mol. The Morgan fingerprint density at radius 2 is 2.40 bits per heavy atom. The van der Waals surface area contributed by atoms with Gasteiger partial charge in [-0.3, -0.25) is 4.79 Å². The summed E-state index contributed by atoms with van der Waals surface area (Å²) in [6.07, 6.45) is 2.94. The standard InChI is InChI=1S/C15H18FN3O/c1-2-10-5-6-18-14(7-10)15(20)19-13-4-3-12(16)8-11(13)9-17/h3-4,8,10,14,18H,2,5-7H2,1H3,(H,19,20). The van der Waals surface area contributed by atoms with Crippen LogP contribution < -0.4 is 10.6 Å². The van der Waals surface area contributed by atoms with Crippen LogP contribution in [-0.2, 0) is 4.79 Å². The molecule has 1 aromatic rings. The topological polar surface area (TPSA) is 64.9 Å². The van der Waals surface area contributed by atoms with Gasteiger partial charge >= 0.3 is 0 Å². The first-order valence-electron chi connectivity index (χ1n) is 6.88. The number of nitrogens with zero attached hydrogens (tertiary/aromatic N) is 1. The van der Waals surface area contributed by atoms with Crippen molar-refractivity contribution in [1.82, 2.24) is 5.32 Å². The van der Waals surface area contributed by atoms with Crippen LogP contribution in [0, 0.1) is 23.1 Å². The summed E-state index contributed by atoms with van der Waals surface area (Å²) >= 11 is 0. The van der Waals surface area contributed by atoms with Gasteiger partial charge in [0.15, 0.2) is 0 Å². The van der Waals surface area contributed by atoms with Crippen molar-refractivity contribution in [3.8, 4) is 6.07 Å². The summed E-state index contributed by atoms with van der Waals surface area (Å²) in [6.45, 7) is 2.95. The summed E-state index contributed by atoms with van der Waals surface area (Å²) in [6, 6.07) is 5.43. The zero-order valence-electron chi connectivity index (χ0n) is 11.4. The largest absolute Gasteiger partial charge is 0.324 e. The van der Waals surface area contributed by atoms with Gasteiger partial charge in [0.1, 0.15) is 11.9 Å². The first kappa shape index (κ1) is 14.5. The van der Waals surface area contributed by atoms with E-state index in [-0.39, 0.29) is 17.5 Å². The van der Waals surface area contributed by atoms with Crippen molar-refractivity contribution in [3.63, 3.8) is 0 Å². The van der Waals surface area contributed by atoms with Crippen LogP contribution in [0.5, 0.6) is 0 Å². The van der Waals surface area contributed by atoms with E-state index >= 15 is 0 Å². The van der Waals surface area contributed by atoms with Crippen LogP contribution in [0.2, 0.25) is 0 Å². The third-order valence-electron chi connectivity index (χ3n) is 3.77.